The van der Waals surface area contributed by atoms with Crippen LogP contribution in [0.3, 0.4) is 0 Å². The van der Waals surface area contributed by atoms with Crippen molar-refractivity contribution < 1.29 is 28.9 Å². The van der Waals surface area contributed by atoms with Crippen LogP contribution in [0.1, 0.15) is 17.2 Å². The summed E-state index contributed by atoms with van der Waals surface area (Å²) in [4.78, 5) is 29.5. The van der Waals surface area contributed by atoms with Gasteiger partial charge >= 0.3 is 0 Å². The molecule has 1 saturated heterocycles. The van der Waals surface area contributed by atoms with Gasteiger partial charge in [0.15, 0.2) is 11.5 Å². The fraction of sp³-hybridized carbons (Fsp3) is 0.333. The normalized spacial score (nSPS) is 17.7. The highest BCUT2D eigenvalue weighted by molar-refractivity contribution is 6.46. The fourth-order valence-corrected chi connectivity index (χ4v) is 3.77. The third kappa shape index (κ3) is 4.27. The molecular weight excluding hydrogens is 412 g/mol. The zero-order valence-electron chi connectivity index (χ0n) is 18.9. The fourth-order valence-electron chi connectivity index (χ4n) is 3.77. The van der Waals surface area contributed by atoms with E-state index < -0.39 is 17.7 Å². The maximum absolute atomic E-state index is 13.1. The second-order valence-electron chi connectivity index (χ2n) is 7.61. The molecule has 0 radical (unpaired) electrons. The summed E-state index contributed by atoms with van der Waals surface area (Å²) in [5.74, 6) is -0.194. The summed E-state index contributed by atoms with van der Waals surface area (Å²) in [5.41, 5.74) is 0.966. The Morgan fingerprint density at radius 3 is 2.25 bits per heavy atom. The molecule has 0 aromatic heterocycles. The summed E-state index contributed by atoms with van der Waals surface area (Å²) in [6, 6.07) is 11.1. The van der Waals surface area contributed by atoms with Gasteiger partial charge in [0, 0.05) is 24.2 Å². The Labute approximate surface area is 187 Å². The van der Waals surface area contributed by atoms with Gasteiger partial charge in [0.25, 0.3) is 11.7 Å². The van der Waals surface area contributed by atoms with Crippen molar-refractivity contribution in [3.8, 4) is 17.2 Å². The van der Waals surface area contributed by atoms with Crippen LogP contribution in [-0.2, 0) is 9.59 Å². The van der Waals surface area contributed by atoms with Gasteiger partial charge in [-0.15, -0.1) is 0 Å². The van der Waals surface area contributed by atoms with E-state index in [1.54, 1.807) is 49.6 Å². The third-order valence-corrected chi connectivity index (χ3v) is 5.42. The topological polar surface area (TPSA) is 88.5 Å². The van der Waals surface area contributed by atoms with Crippen molar-refractivity contribution in [2.75, 3.05) is 48.5 Å². The van der Waals surface area contributed by atoms with Gasteiger partial charge in [-0.1, -0.05) is 12.1 Å². The number of aliphatic hydroxyl groups excluding tert-OH is 1. The quantitative estimate of drug-likeness (QED) is 0.384. The molecule has 0 saturated carbocycles. The molecule has 1 aliphatic heterocycles. The third-order valence-electron chi connectivity index (χ3n) is 5.42. The van der Waals surface area contributed by atoms with E-state index in [0.717, 1.165) is 0 Å². The van der Waals surface area contributed by atoms with Crippen LogP contribution in [0, 0.1) is 0 Å². The van der Waals surface area contributed by atoms with Crippen LogP contribution in [0.25, 0.3) is 5.76 Å². The number of nitrogens with zero attached hydrogens (tertiary/aromatic N) is 2. The molecule has 8 nitrogen and oxygen atoms in total. The second-order valence-corrected chi connectivity index (χ2v) is 7.61. The molecule has 1 N–H and O–H groups in total. The average molecular weight is 440 g/mol. The van der Waals surface area contributed by atoms with E-state index >= 15 is 0 Å². The first-order valence-corrected chi connectivity index (χ1v) is 10.1. The lowest BCUT2D eigenvalue weighted by Gasteiger charge is -2.28. The Bertz CT molecular complexity index is 1030. The Morgan fingerprint density at radius 1 is 1.00 bits per heavy atom. The number of ketones is 1. The van der Waals surface area contributed by atoms with E-state index in [1.165, 1.54) is 19.1 Å². The predicted molar refractivity (Wildman–Crippen MR) is 120 cm³/mol. The number of likely N-dealkylation sites (tertiary alicyclic amines) is 1. The number of Topliss-reactive ketones (excluding diaryl/α,β-unsaturated/α-hetero) is 1. The van der Waals surface area contributed by atoms with E-state index in [1.807, 2.05) is 19.0 Å². The summed E-state index contributed by atoms with van der Waals surface area (Å²) in [6.07, 6.45) is 0. The monoisotopic (exact) mass is 440 g/mol. The van der Waals surface area contributed by atoms with Gasteiger partial charge in [-0.25, -0.2) is 0 Å². The number of likely N-dealkylation sites (N-methyl/N-ethyl adjacent to an activating group) is 1. The standard InChI is InChI=1S/C24H28N2O6/c1-25(2)13-14-26-20(17-7-6-8-18(31-4)23(17)32-5)19(22(28)24(26)29)21(27)15-9-11-16(30-3)12-10-15/h6-12,20,27H,13-14H2,1-5H3/t20-/m1/s1. The number of ether oxygens (including phenoxy) is 3. The number of para-hydroxylation sites is 1. The van der Waals surface area contributed by atoms with Crippen molar-refractivity contribution in [2.24, 2.45) is 0 Å². The number of hydrogen-bond acceptors (Lipinski definition) is 7. The number of aliphatic hydroxyl groups is 1. The zero-order chi connectivity index (χ0) is 23.4. The van der Waals surface area contributed by atoms with Crippen molar-refractivity contribution in [3.63, 3.8) is 0 Å². The molecular formula is C24H28N2O6. The number of rotatable bonds is 8. The van der Waals surface area contributed by atoms with E-state index in [-0.39, 0.29) is 11.3 Å². The van der Waals surface area contributed by atoms with Crippen molar-refractivity contribution in [2.45, 2.75) is 6.04 Å². The maximum atomic E-state index is 13.1. The number of benzene rings is 2. The summed E-state index contributed by atoms with van der Waals surface area (Å²) in [5, 5.41) is 11.1. The first-order chi connectivity index (χ1) is 15.3. The van der Waals surface area contributed by atoms with Gasteiger partial charge in [-0.2, -0.15) is 0 Å². The number of amides is 1. The van der Waals surface area contributed by atoms with Crippen molar-refractivity contribution >= 4 is 17.4 Å². The van der Waals surface area contributed by atoms with Gasteiger partial charge in [-0.05, 0) is 44.4 Å². The smallest absolute Gasteiger partial charge is 0.295 e. The average Bonchev–Trinajstić information content (AvgIpc) is 3.06. The van der Waals surface area contributed by atoms with Gasteiger partial charge in [0.1, 0.15) is 11.5 Å². The van der Waals surface area contributed by atoms with Crippen molar-refractivity contribution in [1.29, 1.82) is 0 Å². The largest absolute Gasteiger partial charge is 0.507 e. The highest BCUT2D eigenvalue weighted by Gasteiger charge is 2.47. The first-order valence-electron chi connectivity index (χ1n) is 10.1. The lowest BCUT2D eigenvalue weighted by Crippen LogP contribution is -2.35. The van der Waals surface area contributed by atoms with Crippen LogP contribution < -0.4 is 14.2 Å². The molecule has 0 bridgehead atoms. The first kappa shape index (κ1) is 23.1. The molecule has 170 valence electrons. The number of methoxy groups -OCH3 is 3. The second kappa shape index (κ2) is 9.74. The van der Waals surface area contributed by atoms with Crippen molar-refractivity contribution in [1.82, 2.24) is 9.80 Å². The predicted octanol–water partition coefficient (Wildman–Crippen LogP) is 2.70. The molecule has 2 aromatic carbocycles. The Morgan fingerprint density at radius 2 is 1.69 bits per heavy atom. The van der Waals surface area contributed by atoms with Crippen LogP contribution in [0.4, 0.5) is 0 Å². The van der Waals surface area contributed by atoms with Gasteiger partial charge in [0.05, 0.1) is 32.9 Å². The van der Waals surface area contributed by atoms with E-state index in [0.29, 0.717) is 41.5 Å². The highest BCUT2D eigenvalue weighted by atomic mass is 16.5. The molecule has 1 amide bonds. The highest BCUT2D eigenvalue weighted by Crippen LogP contribution is 2.45. The molecule has 1 aliphatic rings. The van der Waals surface area contributed by atoms with Crippen molar-refractivity contribution in [3.05, 3.63) is 59.2 Å². The summed E-state index contributed by atoms with van der Waals surface area (Å²) in [6.45, 7) is 0.834. The number of carbonyl (C=O) groups excluding carboxylic acids is 2. The van der Waals surface area contributed by atoms with Crippen LogP contribution in [0.5, 0.6) is 17.2 Å². The molecule has 0 aliphatic carbocycles. The molecule has 3 rings (SSSR count). The van der Waals surface area contributed by atoms with Crippen LogP contribution >= 0.6 is 0 Å². The van der Waals surface area contributed by atoms with E-state index in [2.05, 4.69) is 0 Å². The summed E-state index contributed by atoms with van der Waals surface area (Å²) in [7, 11) is 8.32. The van der Waals surface area contributed by atoms with Gasteiger partial charge < -0.3 is 29.1 Å². The minimum absolute atomic E-state index is 0.00507. The molecule has 1 atom stereocenters. The molecule has 8 heteroatoms. The summed E-state index contributed by atoms with van der Waals surface area (Å²) < 4.78 is 16.2. The zero-order valence-corrected chi connectivity index (χ0v) is 18.9. The van der Waals surface area contributed by atoms with E-state index in [4.69, 9.17) is 14.2 Å². The van der Waals surface area contributed by atoms with Gasteiger partial charge in [-0.3, -0.25) is 9.59 Å². The molecule has 0 spiro atoms. The maximum Gasteiger partial charge on any atom is 0.295 e. The van der Waals surface area contributed by atoms with E-state index in [9.17, 15) is 14.7 Å². The SMILES string of the molecule is COc1ccc(C(O)=C2C(=O)C(=O)N(CCN(C)C)[C@@H]2c2cccc(OC)c2OC)cc1. The van der Waals surface area contributed by atoms with Crippen LogP contribution in [-0.4, -0.2) is 75.1 Å². The molecule has 2 aromatic rings. The molecule has 32 heavy (non-hydrogen) atoms. The van der Waals surface area contributed by atoms with Crippen LogP contribution in [0.15, 0.2) is 48.0 Å². The lowest BCUT2D eigenvalue weighted by molar-refractivity contribution is -0.140. The number of carbonyl (C=O) groups is 2. The molecule has 0 unspecified atom stereocenters. The Hall–Kier alpha value is -3.52. The summed E-state index contributed by atoms with van der Waals surface area (Å²) >= 11 is 0. The molecule has 1 heterocycles. The minimum atomic E-state index is -0.831. The lowest BCUT2D eigenvalue weighted by atomic mass is 9.94. The Balaban J connectivity index is 2.22. The number of hydrogen-bond donors (Lipinski definition) is 1. The van der Waals surface area contributed by atoms with Crippen LogP contribution in [0.2, 0.25) is 0 Å². The van der Waals surface area contributed by atoms with Gasteiger partial charge in [0.2, 0.25) is 0 Å². The minimum Gasteiger partial charge on any atom is -0.507 e. The molecule has 1 fully saturated rings. The Kier molecular flexibility index (Phi) is 7.05.